The van der Waals surface area contributed by atoms with Crippen LogP contribution in [0.25, 0.3) is 0 Å². The molecule has 1 atom stereocenters. The summed E-state index contributed by atoms with van der Waals surface area (Å²) in [4.78, 5) is 23.7. The average Bonchev–Trinajstić information content (AvgIpc) is 2.44. The highest BCUT2D eigenvalue weighted by atomic mass is 35.5. The number of alkyl halides is 2. The van der Waals surface area contributed by atoms with Crippen molar-refractivity contribution in [1.29, 1.82) is 0 Å². The van der Waals surface area contributed by atoms with Gasteiger partial charge >= 0.3 is 7.12 Å². The maximum Gasteiger partial charge on any atom is 0.526 e. The molecule has 124 valence electrons. The minimum absolute atomic E-state index is 0.0173. The minimum Gasteiger partial charge on any atom is -0.535 e. The summed E-state index contributed by atoms with van der Waals surface area (Å²) < 4.78 is 4.58. The number of ketones is 2. The van der Waals surface area contributed by atoms with Crippen molar-refractivity contribution in [2.45, 2.75) is 49.7 Å². The smallest absolute Gasteiger partial charge is 0.526 e. The second kappa shape index (κ2) is 7.24. The molecule has 0 fully saturated rings. The lowest BCUT2D eigenvalue weighted by atomic mass is 9.64. The first-order chi connectivity index (χ1) is 10.7. The van der Waals surface area contributed by atoms with E-state index in [1.54, 1.807) is 19.1 Å². The summed E-state index contributed by atoms with van der Waals surface area (Å²) in [6.07, 6.45) is 1.30. The van der Waals surface area contributed by atoms with Crippen LogP contribution in [0.1, 0.15) is 49.0 Å². The third kappa shape index (κ3) is 4.97. The molecule has 1 heterocycles. The van der Waals surface area contributed by atoms with Crippen molar-refractivity contribution in [3.8, 4) is 5.75 Å². The lowest BCUT2D eigenvalue weighted by Crippen LogP contribution is -2.35. The average molecular weight is 357 g/mol. The van der Waals surface area contributed by atoms with E-state index in [4.69, 9.17) is 27.9 Å². The minimum atomic E-state index is -1.11. The van der Waals surface area contributed by atoms with Gasteiger partial charge in [-0.15, -0.1) is 23.2 Å². The van der Waals surface area contributed by atoms with Crippen LogP contribution in [0.4, 0.5) is 0 Å². The number of hydrogen-bond donors (Lipinski definition) is 1. The van der Waals surface area contributed by atoms with Crippen LogP contribution in [0.2, 0.25) is 5.82 Å². The van der Waals surface area contributed by atoms with E-state index in [1.807, 2.05) is 6.07 Å². The third-order valence-electron chi connectivity index (χ3n) is 3.93. The fourth-order valence-electron chi connectivity index (χ4n) is 2.69. The van der Waals surface area contributed by atoms with Gasteiger partial charge in [-0.1, -0.05) is 12.1 Å². The molecule has 0 bridgehead atoms. The molecule has 1 aliphatic heterocycles. The van der Waals surface area contributed by atoms with Crippen molar-refractivity contribution >= 4 is 41.9 Å². The molecule has 0 aromatic heterocycles. The van der Waals surface area contributed by atoms with E-state index in [-0.39, 0.29) is 30.2 Å². The summed E-state index contributed by atoms with van der Waals surface area (Å²) in [6, 6.07) is 5.29. The topological polar surface area (TPSA) is 63.6 Å². The number of Topliss-reactive ketones (excluding diaryl/α,β-unsaturated/α-hetero) is 2. The molecule has 0 aliphatic carbocycles. The molecular formula is C16H19BCl2O4. The number of carbonyl (C=O) groups excluding carboxylic acids is 2. The predicted octanol–water partition coefficient (Wildman–Crippen LogP) is 3.61. The Morgan fingerprint density at radius 3 is 2.74 bits per heavy atom. The molecule has 4 nitrogen and oxygen atoms in total. The van der Waals surface area contributed by atoms with Crippen LogP contribution in [0.5, 0.6) is 5.75 Å². The second-order valence-corrected chi connectivity index (χ2v) is 8.00. The maximum atomic E-state index is 12.1. The molecule has 1 aromatic rings. The third-order valence-corrected chi connectivity index (χ3v) is 4.31. The van der Waals surface area contributed by atoms with Gasteiger partial charge in [-0.3, -0.25) is 9.59 Å². The van der Waals surface area contributed by atoms with Gasteiger partial charge in [-0.05, 0) is 38.3 Å². The molecule has 0 saturated carbocycles. The van der Waals surface area contributed by atoms with E-state index >= 15 is 0 Å². The summed E-state index contributed by atoms with van der Waals surface area (Å²) in [7, 11) is -1.11. The monoisotopic (exact) mass is 356 g/mol. The fourth-order valence-corrected chi connectivity index (χ4v) is 2.88. The highest BCUT2D eigenvalue weighted by Crippen LogP contribution is 2.37. The van der Waals surface area contributed by atoms with Crippen molar-refractivity contribution in [2.75, 3.05) is 0 Å². The molecule has 1 aromatic carbocycles. The van der Waals surface area contributed by atoms with Crippen LogP contribution < -0.4 is 4.65 Å². The van der Waals surface area contributed by atoms with Crippen LogP contribution in [-0.4, -0.2) is 28.0 Å². The molecule has 2 rings (SSSR count). The van der Waals surface area contributed by atoms with Gasteiger partial charge in [0.25, 0.3) is 0 Å². The first kappa shape index (κ1) is 18.3. The molecule has 0 saturated heterocycles. The van der Waals surface area contributed by atoms with Crippen LogP contribution in [0.3, 0.4) is 0 Å². The van der Waals surface area contributed by atoms with Gasteiger partial charge in [-0.25, -0.2) is 0 Å². The second-order valence-electron chi connectivity index (χ2n) is 6.14. The van der Waals surface area contributed by atoms with Crippen LogP contribution in [-0.2, 0) is 11.2 Å². The Morgan fingerprint density at radius 2 is 2.13 bits per heavy atom. The Kier molecular flexibility index (Phi) is 5.77. The molecule has 0 unspecified atom stereocenters. The Balaban J connectivity index is 2.06. The number of halogens is 2. The highest BCUT2D eigenvalue weighted by molar-refractivity contribution is 6.48. The van der Waals surface area contributed by atoms with E-state index < -0.39 is 11.5 Å². The Morgan fingerprint density at radius 1 is 1.43 bits per heavy atom. The molecule has 0 radical (unpaired) electrons. The predicted molar refractivity (Wildman–Crippen MR) is 91.5 cm³/mol. The number of fused-ring (bicyclic) bond motifs is 1. The Bertz CT molecular complexity index is 613. The number of benzene rings is 1. The van der Waals surface area contributed by atoms with Gasteiger partial charge in [0.1, 0.15) is 15.9 Å². The summed E-state index contributed by atoms with van der Waals surface area (Å²) in [5, 5.41) is 10.2. The first-order valence-corrected chi connectivity index (χ1v) is 8.30. The lowest BCUT2D eigenvalue weighted by Gasteiger charge is -2.28. The standard InChI is InChI=1S/C16H19BCl2O4/c1-10(20)14-5-3-4-11-8-12(17(22)23-15(11)14)9-13(21)6-7-16(2,18)19/h3-5,12,22H,6-9H2,1-2H3/t12-/m1/s1. The number of hydrogen-bond acceptors (Lipinski definition) is 4. The summed E-state index contributed by atoms with van der Waals surface area (Å²) in [6.45, 7) is 3.10. The number of para-hydroxylation sites is 1. The summed E-state index contributed by atoms with van der Waals surface area (Å²) in [5.41, 5.74) is 1.28. The number of rotatable bonds is 6. The van der Waals surface area contributed by atoms with Gasteiger partial charge in [0, 0.05) is 18.7 Å². The van der Waals surface area contributed by atoms with Gasteiger partial charge in [-0.2, -0.15) is 0 Å². The van der Waals surface area contributed by atoms with Crippen LogP contribution in [0.15, 0.2) is 18.2 Å². The Hall–Kier alpha value is -1.04. The molecule has 1 aliphatic rings. The van der Waals surface area contributed by atoms with Gasteiger partial charge in [0.15, 0.2) is 5.78 Å². The molecule has 7 heteroatoms. The van der Waals surface area contributed by atoms with Crippen molar-refractivity contribution in [3.63, 3.8) is 0 Å². The van der Waals surface area contributed by atoms with Crippen LogP contribution >= 0.6 is 23.2 Å². The van der Waals surface area contributed by atoms with E-state index in [2.05, 4.69) is 0 Å². The van der Waals surface area contributed by atoms with E-state index in [1.165, 1.54) is 6.92 Å². The quantitative estimate of drug-likeness (QED) is 0.480. The van der Waals surface area contributed by atoms with Gasteiger partial charge in [0.05, 0.1) is 5.56 Å². The summed E-state index contributed by atoms with van der Waals surface area (Å²) in [5.74, 6) is -0.0529. The Labute approximate surface area is 146 Å². The van der Waals surface area contributed by atoms with E-state index in [9.17, 15) is 14.6 Å². The van der Waals surface area contributed by atoms with Crippen LogP contribution in [0, 0.1) is 0 Å². The molecular weight excluding hydrogens is 338 g/mol. The SMILES string of the molecule is CC(=O)c1cccc2c1OB(O)[C@@H](CC(=O)CCC(C)(Cl)Cl)C2. The maximum absolute atomic E-state index is 12.1. The largest absolute Gasteiger partial charge is 0.535 e. The molecule has 0 amide bonds. The molecule has 0 spiro atoms. The van der Waals surface area contributed by atoms with E-state index in [0.717, 1.165) is 5.56 Å². The van der Waals surface area contributed by atoms with Crippen molar-refractivity contribution < 1.29 is 19.3 Å². The zero-order valence-corrected chi connectivity index (χ0v) is 14.7. The fraction of sp³-hybridized carbons (Fsp3) is 0.500. The van der Waals surface area contributed by atoms with Crippen molar-refractivity contribution in [2.24, 2.45) is 0 Å². The van der Waals surface area contributed by atoms with E-state index in [0.29, 0.717) is 24.2 Å². The lowest BCUT2D eigenvalue weighted by molar-refractivity contribution is -0.119. The highest BCUT2D eigenvalue weighted by Gasteiger charge is 2.37. The normalized spacial score (nSPS) is 17.4. The molecule has 1 N–H and O–H groups in total. The van der Waals surface area contributed by atoms with Crippen molar-refractivity contribution in [1.82, 2.24) is 0 Å². The first-order valence-electron chi connectivity index (χ1n) is 7.54. The van der Waals surface area contributed by atoms with Gasteiger partial charge < -0.3 is 9.68 Å². The molecule has 23 heavy (non-hydrogen) atoms. The zero-order valence-electron chi connectivity index (χ0n) is 13.1. The zero-order chi connectivity index (χ0) is 17.2. The summed E-state index contributed by atoms with van der Waals surface area (Å²) >= 11 is 11.7. The van der Waals surface area contributed by atoms with Gasteiger partial charge in [0.2, 0.25) is 0 Å². The number of carbonyl (C=O) groups is 2. The van der Waals surface area contributed by atoms with Crippen molar-refractivity contribution in [3.05, 3.63) is 29.3 Å².